The number of guanidine groups is 1. The van der Waals surface area contributed by atoms with E-state index < -0.39 is 0 Å². The maximum Gasteiger partial charge on any atom is 0.191 e. The van der Waals surface area contributed by atoms with Crippen LogP contribution in [0.2, 0.25) is 0 Å². The molecule has 0 aliphatic heterocycles. The highest BCUT2D eigenvalue weighted by atomic mass is 127. The van der Waals surface area contributed by atoms with Crippen LogP contribution < -0.4 is 10.6 Å². The molecule has 2 N–H and O–H groups in total. The third kappa shape index (κ3) is 7.69. The van der Waals surface area contributed by atoms with Crippen molar-refractivity contribution in [1.82, 2.24) is 15.8 Å². The molecule has 0 fully saturated rings. The molecule has 0 atom stereocenters. The van der Waals surface area contributed by atoms with E-state index in [0.717, 1.165) is 35.3 Å². The maximum absolute atomic E-state index is 12.8. The SMILES string of the molecule is CN=C(NCCCSc1ccc(F)cc1)NCc1ccon1.I. The summed E-state index contributed by atoms with van der Waals surface area (Å²) in [6, 6.07) is 8.36. The van der Waals surface area contributed by atoms with Crippen molar-refractivity contribution in [3.63, 3.8) is 0 Å². The summed E-state index contributed by atoms with van der Waals surface area (Å²) in [5, 5.41) is 10.2. The first-order chi connectivity index (χ1) is 10.8. The number of aliphatic imine (C=N–C) groups is 1. The number of hydrogen-bond acceptors (Lipinski definition) is 4. The topological polar surface area (TPSA) is 62.5 Å². The number of thioether (sulfide) groups is 1. The molecule has 0 unspecified atom stereocenters. The van der Waals surface area contributed by atoms with E-state index in [1.165, 1.54) is 12.1 Å². The van der Waals surface area contributed by atoms with Gasteiger partial charge in [0.05, 0.1) is 6.54 Å². The summed E-state index contributed by atoms with van der Waals surface area (Å²) in [6.45, 7) is 1.38. The van der Waals surface area contributed by atoms with Gasteiger partial charge in [0.2, 0.25) is 0 Å². The van der Waals surface area contributed by atoms with Crippen LogP contribution in [0.25, 0.3) is 0 Å². The first-order valence-corrected chi connectivity index (χ1v) is 7.98. The van der Waals surface area contributed by atoms with Gasteiger partial charge in [-0.1, -0.05) is 5.16 Å². The van der Waals surface area contributed by atoms with E-state index in [-0.39, 0.29) is 29.8 Å². The number of rotatable bonds is 7. The van der Waals surface area contributed by atoms with Crippen molar-refractivity contribution in [3.8, 4) is 0 Å². The molecule has 8 heteroatoms. The van der Waals surface area contributed by atoms with Crippen LogP contribution in [0.3, 0.4) is 0 Å². The van der Waals surface area contributed by atoms with E-state index in [4.69, 9.17) is 4.52 Å². The number of hydrogen-bond donors (Lipinski definition) is 2. The highest BCUT2D eigenvalue weighted by Gasteiger charge is 2.00. The molecule has 0 aliphatic rings. The highest BCUT2D eigenvalue weighted by molar-refractivity contribution is 14.0. The summed E-state index contributed by atoms with van der Waals surface area (Å²) in [4.78, 5) is 5.22. The lowest BCUT2D eigenvalue weighted by atomic mass is 10.4. The van der Waals surface area contributed by atoms with Crippen LogP contribution in [0, 0.1) is 5.82 Å². The quantitative estimate of drug-likeness (QED) is 0.223. The van der Waals surface area contributed by atoms with Gasteiger partial charge in [-0.05, 0) is 36.4 Å². The second-order valence-corrected chi connectivity index (χ2v) is 5.67. The second kappa shape index (κ2) is 11.3. The first kappa shape index (κ1) is 19.8. The van der Waals surface area contributed by atoms with Gasteiger partial charge in [0.1, 0.15) is 17.8 Å². The average molecular weight is 450 g/mol. The van der Waals surface area contributed by atoms with E-state index in [2.05, 4.69) is 20.8 Å². The fourth-order valence-electron chi connectivity index (χ4n) is 1.72. The minimum atomic E-state index is -0.201. The Bertz CT molecular complexity index is 578. The molecule has 2 aromatic rings. The van der Waals surface area contributed by atoms with Crippen LogP contribution in [-0.4, -0.2) is 30.5 Å². The van der Waals surface area contributed by atoms with Crippen LogP contribution in [0.4, 0.5) is 4.39 Å². The zero-order valence-electron chi connectivity index (χ0n) is 12.8. The molecule has 2 rings (SSSR count). The van der Waals surface area contributed by atoms with E-state index in [0.29, 0.717) is 6.54 Å². The van der Waals surface area contributed by atoms with Gasteiger partial charge in [-0.15, -0.1) is 35.7 Å². The Balaban J connectivity index is 0.00000264. The van der Waals surface area contributed by atoms with Gasteiger partial charge >= 0.3 is 0 Å². The first-order valence-electron chi connectivity index (χ1n) is 7.00. The smallest absolute Gasteiger partial charge is 0.191 e. The monoisotopic (exact) mass is 450 g/mol. The van der Waals surface area contributed by atoms with Crippen molar-refractivity contribution in [2.45, 2.75) is 17.9 Å². The summed E-state index contributed by atoms with van der Waals surface area (Å²) in [5.74, 6) is 1.49. The zero-order valence-corrected chi connectivity index (χ0v) is 15.9. The van der Waals surface area contributed by atoms with Gasteiger partial charge in [0.25, 0.3) is 0 Å². The van der Waals surface area contributed by atoms with Gasteiger partial charge in [-0.2, -0.15) is 0 Å². The predicted octanol–water partition coefficient (Wildman–Crippen LogP) is 3.28. The van der Waals surface area contributed by atoms with Crippen molar-refractivity contribution in [1.29, 1.82) is 0 Å². The lowest BCUT2D eigenvalue weighted by molar-refractivity contribution is 0.410. The molecule has 0 saturated carbocycles. The van der Waals surface area contributed by atoms with Gasteiger partial charge in [-0.3, -0.25) is 4.99 Å². The molecule has 1 aromatic carbocycles. The Hall–Kier alpha value is -1.29. The molecule has 126 valence electrons. The lowest BCUT2D eigenvalue weighted by Gasteiger charge is -2.10. The predicted molar refractivity (Wildman–Crippen MR) is 102 cm³/mol. The fraction of sp³-hybridized carbons (Fsp3) is 0.333. The van der Waals surface area contributed by atoms with Crippen molar-refractivity contribution in [3.05, 3.63) is 48.1 Å². The maximum atomic E-state index is 12.8. The summed E-state index contributed by atoms with van der Waals surface area (Å²) in [6.07, 6.45) is 2.52. The van der Waals surface area contributed by atoms with Crippen LogP contribution in [0.5, 0.6) is 0 Å². The minimum absolute atomic E-state index is 0. The fourth-order valence-corrected chi connectivity index (χ4v) is 2.58. The Kier molecular flexibility index (Phi) is 9.69. The van der Waals surface area contributed by atoms with Crippen LogP contribution in [0.15, 0.2) is 51.0 Å². The Morgan fingerprint density at radius 3 is 2.70 bits per heavy atom. The molecule has 0 amide bonds. The standard InChI is InChI=1S/C15H19FN4OS.HI/c1-17-15(19-11-13-7-9-21-20-13)18-8-2-10-22-14-5-3-12(16)4-6-14;/h3-7,9H,2,8,10-11H2,1H3,(H2,17,18,19);1H. The van der Waals surface area contributed by atoms with E-state index in [1.54, 1.807) is 43.3 Å². The molecule has 5 nitrogen and oxygen atoms in total. The number of halogens is 2. The molecule has 1 aromatic heterocycles. The van der Waals surface area contributed by atoms with Crippen LogP contribution >= 0.6 is 35.7 Å². The average Bonchev–Trinajstić information content (AvgIpc) is 3.05. The number of aromatic nitrogens is 1. The molecule has 0 spiro atoms. The van der Waals surface area contributed by atoms with Crippen LogP contribution in [0.1, 0.15) is 12.1 Å². The van der Waals surface area contributed by atoms with Crippen molar-refractivity contribution in [2.75, 3.05) is 19.3 Å². The Morgan fingerprint density at radius 1 is 1.26 bits per heavy atom. The molecule has 0 saturated heterocycles. The van der Waals surface area contributed by atoms with E-state index in [9.17, 15) is 4.39 Å². The Morgan fingerprint density at radius 2 is 2.04 bits per heavy atom. The van der Waals surface area contributed by atoms with Gasteiger partial charge in [-0.25, -0.2) is 4.39 Å². The third-order valence-corrected chi connectivity index (χ3v) is 3.95. The number of benzene rings is 1. The highest BCUT2D eigenvalue weighted by Crippen LogP contribution is 2.18. The summed E-state index contributed by atoms with van der Waals surface area (Å²) >= 11 is 1.71. The number of nitrogens with one attached hydrogen (secondary N) is 2. The molecule has 0 radical (unpaired) electrons. The van der Waals surface area contributed by atoms with Gasteiger partial charge < -0.3 is 15.2 Å². The minimum Gasteiger partial charge on any atom is -0.364 e. The zero-order chi connectivity index (χ0) is 15.6. The molecule has 1 heterocycles. The normalized spacial score (nSPS) is 11.0. The second-order valence-electron chi connectivity index (χ2n) is 4.50. The molecule has 23 heavy (non-hydrogen) atoms. The molecule has 0 bridgehead atoms. The number of nitrogens with zero attached hydrogens (tertiary/aromatic N) is 2. The Labute approximate surface area is 156 Å². The van der Waals surface area contributed by atoms with Crippen molar-refractivity contribution >= 4 is 41.7 Å². The lowest BCUT2D eigenvalue weighted by Crippen LogP contribution is -2.37. The van der Waals surface area contributed by atoms with Crippen molar-refractivity contribution < 1.29 is 8.91 Å². The van der Waals surface area contributed by atoms with Crippen LogP contribution in [-0.2, 0) is 6.54 Å². The molecular weight excluding hydrogens is 430 g/mol. The van der Waals surface area contributed by atoms with E-state index in [1.807, 2.05) is 0 Å². The largest absolute Gasteiger partial charge is 0.364 e. The summed E-state index contributed by atoms with van der Waals surface area (Å²) in [5.41, 5.74) is 0.829. The molecule has 0 aliphatic carbocycles. The summed E-state index contributed by atoms with van der Waals surface area (Å²) in [7, 11) is 1.73. The van der Waals surface area contributed by atoms with Gasteiger partial charge in [0.15, 0.2) is 5.96 Å². The van der Waals surface area contributed by atoms with Crippen molar-refractivity contribution in [2.24, 2.45) is 4.99 Å². The molecular formula is C15H20FIN4OS. The van der Waals surface area contributed by atoms with Gasteiger partial charge in [0, 0.05) is 24.6 Å². The van der Waals surface area contributed by atoms with E-state index >= 15 is 0 Å². The summed E-state index contributed by atoms with van der Waals surface area (Å²) < 4.78 is 17.5. The third-order valence-electron chi connectivity index (χ3n) is 2.85.